The lowest BCUT2D eigenvalue weighted by atomic mass is 10.0. The number of halogens is 1. The number of piperazine rings is 1. The maximum atomic E-state index is 15.1. The van der Waals surface area contributed by atoms with E-state index in [0.29, 0.717) is 37.1 Å². The van der Waals surface area contributed by atoms with Crippen molar-refractivity contribution in [3.05, 3.63) is 47.3 Å². The number of carbonyl (C=O) groups excluding carboxylic acids is 1. The van der Waals surface area contributed by atoms with E-state index in [1.807, 2.05) is 11.0 Å². The van der Waals surface area contributed by atoms with Gasteiger partial charge in [-0.15, -0.1) is 0 Å². The summed E-state index contributed by atoms with van der Waals surface area (Å²) in [6, 6.07) is 10.1. The molecular formula is C24H26FN7O3. The highest BCUT2D eigenvalue weighted by Gasteiger charge is 2.26. The van der Waals surface area contributed by atoms with E-state index in [1.54, 1.807) is 29.2 Å². The van der Waals surface area contributed by atoms with Crippen molar-refractivity contribution in [2.75, 3.05) is 51.0 Å². The van der Waals surface area contributed by atoms with Crippen LogP contribution in [0.15, 0.2) is 30.3 Å². The second-order valence-corrected chi connectivity index (χ2v) is 8.15. The van der Waals surface area contributed by atoms with Gasteiger partial charge in [-0.1, -0.05) is 12.1 Å². The zero-order chi connectivity index (χ0) is 25.1. The van der Waals surface area contributed by atoms with Gasteiger partial charge in [-0.3, -0.25) is 4.79 Å². The molecule has 2 heterocycles. The Balaban J connectivity index is 1.46. The summed E-state index contributed by atoms with van der Waals surface area (Å²) in [5, 5.41) is 9.39. The lowest BCUT2D eigenvalue weighted by molar-refractivity contribution is -0.131. The standard InChI is InChI=1S/C24H26FN7O3/c1-34-18-11-16-21(20(25)22(18)35-2)29-24(30-23(16)28)32-8-6-31(7-9-32)19(33)12-17(27)15-5-3-4-14(10-15)13-26/h3-5,10-11,17H,6-9,12,27H2,1-2H3,(H2,28,29,30). The molecule has 1 atom stereocenters. The number of nitriles is 1. The molecule has 1 aliphatic heterocycles. The average Bonchev–Trinajstić information content (AvgIpc) is 2.88. The first-order chi connectivity index (χ1) is 16.9. The third-order valence-corrected chi connectivity index (χ3v) is 6.05. The number of nitrogens with two attached hydrogens (primary N) is 2. The zero-order valence-corrected chi connectivity index (χ0v) is 19.5. The molecule has 4 rings (SSSR count). The molecule has 0 bridgehead atoms. The Hall–Kier alpha value is -4.17. The van der Waals surface area contributed by atoms with Crippen LogP contribution in [0.3, 0.4) is 0 Å². The van der Waals surface area contributed by atoms with Crippen LogP contribution in [-0.2, 0) is 4.79 Å². The predicted molar refractivity (Wildman–Crippen MR) is 129 cm³/mol. The van der Waals surface area contributed by atoms with Gasteiger partial charge in [0.1, 0.15) is 11.3 Å². The number of ether oxygens (including phenoxy) is 2. The lowest BCUT2D eigenvalue weighted by Crippen LogP contribution is -2.49. The van der Waals surface area contributed by atoms with Gasteiger partial charge >= 0.3 is 0 Å². The molecule has 1 aliphatic rings. The van der Waals surface area contributed by atoms with Gasteiger partial charge in [-0.25, -0.2) is 9.37 Å². The van der Waals surface area contributed by atoms with E-state index in [-0.39, 0.29) is 41.1 Å². The Morgan fingerprint density at radius 2 is 1.94 bits per heavy atom. The minimum Gasteiger partial charge on any atom is -0.493 e. The number of hydrogen-bond donors (Lipinski definition) is 2. The molecule has 1 fully saturated rings. The second kappa shape index (κ2) is 9.99. The molecule has 1 amide bonds. The van der Waals surface area contributed by atoms with Crippen LogP contribution in [0.1, 0.15) is 23.6 Å². The average molecular weight is 480 g/mol. The van der Waals surface area contributed by atoms with Crippen molar-refractivity contribution < 1.29 is 18.7 Å². The molecule has 0 saturated carbocycles. The predicted octanol–water partition coefficient (Wildman–Crippen LogP) is 1.98. The van der Waals surface area contributed by atoms with Gasteiger partial charge in [0.2, 0.25) is 11.9 Å². The number of nitrogens with zero attached hydrogens (tertiary/aromatic N) is 5. The van der Waals surface area contributed by atoms with E-state index in [0.717, 1.165) is 5.56 Å². The summed E-state index contributed by atoms with van der Waals surface area (Å²) in [4.78, 5) is 25.1. The summed E-state index contributed by atoms with van der Waals surface area (Å²) in [5.41, 5.74) is 13.6. The number of benzene rings is 2. The van der Waals surface area contributed by atoms with Crippen molar-refractivity contribution in [1.29, 1.82) is 5.26 Å². The van der Waals surface area contributed by atoms with E-state index in [1.165, 1.54) is 14.2 Å². The normalized spacial score (nSPS) is 14.5. The van der Waals surface area contributed by atoms with Crippen LogP contribution in [0, 0.1) is 17.1 Å². The quantitative estimate of drug-likeness (QED) is 0.542. The molecule has 10 nitrogen and oxygen atoms in total. The summed E-state index contributed by atoms with van der Waals surface area (Å²) in [6.45, 7) is 1.76. The fourth-order valence-corrected chi connectivity index (χ4v) is 4.11. The van der Waals surface area contributed by atoms with Crippen molar-refractivity contribution >= 4 is 28.6 Å². The molecule has 11 heteroatoms. The van der Waals surface area contributed by atoms with E-state index in [9.17, 15) is 4.79 Å². The largest absolute Gasteiger partial charge is 0.493 e. The fourth-order valence-electron chi connectivity index (χ4n) is 4.11. The highest BCUT2D eigenvalue weighted by molar-refractivity contribution is 5.92. The molecule has 182 valence electrons. The molecule has 1 aromatic heterocycles. The van der Waals surface area contributed by atoms with Crippen LogP contribution in [-0.4, -0.2) is 61.2 Å². The number of fused-ring (bicyclic) bond motifs is 1. The van der Waals surface area contributed by atoms with Gasteiger partial charge in [0.05, 0.1) is 25.9 Å². The number of carbonyl (C=O) groups is 1. The SMILES string of the molecule is COc1cc2c(N)nc(N3CCN(C(=O)CC(N)c4cccc(C#N)c4)CC3)nc2c(F)c1OC. The number of hydrogen-bond acceptors (Lipinski definition) is 9. The van der Waals surface area contributed by atoms with Gasteiger partial charge in [-0.05, 0) is 23.8 Å². The Labute approximate surface area is 201 Å². The molecule has 0 spiro atoms. The Kier molecular flexibility index (Phi) is 6.84. The van der Waals surface area contributed by atoms with Crippen LogP contribution < -0.4 is 25.8 Å². The molecule has 1 saturated heterocycles. The van der Waals surface area contributed by atoms with Gasteiger partial charge < -0.3 is 30.7 Å². The summed E-state index contributed by atoms with van der Waals surface area (Å²) in [6.07, 6.45) is 0.126. The number of aromatic nitrogens is 2. The van der Waals surface area contributed by atoms with Gasteiger partial charge in [0.25, 0.3) is 0 Å². The van der Waals surface area contributed by atoms with Crippen LogP contribution in [0.2, 0.25) is 0 Å². The summed E-state index contributed by atoms with van der Waals surface area (Å²) in [5.74, 6) is -0.227. The van der Waals surface area contributed by atoms with Crippen molar-refractivity contribution in [3.8, 4) is 17.6 Å². The first-order valence-electron chi connectivity index (χ1n) is 11.0. The minimum atomic E-state index is -0.680. The highest BCUT2D eigenvalue weighted by Crippen LogP contribution is 2.37. The van der Waals surface area contributed by atoms with Crippen LogP contribution in [0.25, 0.3) is 10.9 Å². The van der Waals surface area contributed by atoms with E-state index < -0.39 is 11.9 Å². The monoisotopic (exact) mass is 479 g/mol. The van der Waals surface area contributed by atoms with Crippen LogP contribution in [0.5, 0.6) is 11.5 Å². The number of nitrogen functional groups attached to an aromatic ring is 1. The van der Waals surface area contributed by atoms with Crippen molar-refractivity contribution in [2.45, 2.75) is 12.5 Å². The van der Waals surface area contributed by atoms with Gasteiger partial charge in [-0.2, -0.15) is 10.2 Å². The Bertz CT molecular complexity index is 1300. The van der Waals surface area contributed by atoms with Crippen molar-refractivity contribution in [3.63, 3.8) is 0 Å². The molecular weight excluding hydrogens is 453 g/mol. The smallest absolute Gasteiger partial charge is 0.228 e. The lowest BCUT2D eigenvalue weighted by Gasteiger charge is -2.35. The first-order valence-corrected chi connectivity index (χ1v) is 11.0. The molecule has 2 aromatic carbocycles. The summed E-state index contributed by atoms with van der Waals surface area (Å²) in [7, 11) is 2.76. The highest BCUT2D eigenvalue weighted by atomic mass is 19.1. The molecule has 3 aromatic rings. The summed E-state index contributed by atoms with van der Waals surface area (Å²) >= 11 is 0. The molecule has 0 radical (unpaired) electrons. The zero-order valence-electron chi connectivity index (χ0n) is 19.5. The van der Waals surface area contributed by atoms with E-state index in [2.05, 4.69) is 16.0 Å². The number of methoxy groups -OCH3 is 2. The van der Waals surface area contributed by atoms with Gasteiger partial charge in [0, 0.05) is 44.0 Å². The Morgan fingerprint density at radius 3 is 2.60 bits per heavy atom. The van der Waals surface area contributed by atoms with E-state index >= 15 is 4.39 Å². The molecule has 1 unspecified atom stereocenters. The molecule has 4 N–H and O–H groups in total. The fraction of sp³-hybridized carbons (Fsp3) is 0.333. The summed E-state index contributed by atoms with van der Waals surface area (Å²) < 4.78 is 25.4. The number of rotatable bonds is 6. The topological polar surface area (TPSA) is 144 Å². The second-order valence-electron chi connectivity index (χ2n) is 8.15. The van der Waals surface area contributed by atoms with Crippen LogP contribution in [0.4, 0.5) is 16.2 Å². The third-order valence-electron chi connectivity index (χ3n) is 6.05. The Morgan fingerprint density at radius 1 is 1.20 bits per heavy atom. The third kappa shape index (κ3) is 4.74. The maximum Gasteiger partial charge on any atom is 0.228 e. The minimum absolute atomic E-state index is 0.0363. The van der Waals surface area contributed by atoms with Crippen molar-refractivity contribution in [1.82, 2.24) is 14.9 Å². The molecule has 0 aliphatic carbocycles. The van der Waals surface area contributed by atoms with Crippen molar-refractivity contribution in [2.24, 2.45) is 5.73 Å². The van der Waals surface area contributed by atoms with E-state index in [4.69, 9.17) is 26.2 Å². The number of anilines is 2. The molecule has 35 heavy (non-hydrogen) atoms. The maximum absolute atomic E-state index is 15.1. The van der Waals surface area contributed by atoms with Gasteiger partial charge in [0.15, 0.2) is 17.3 Å². The number of amides is 1. The first kappa shape index (κ1) is 24.0. The van der Waals surface area contributed by atoms with Crippen LogP contribution >= 0.6 is 0 Å².